The highest BCUT2D eigenvalue weighted by Gasteiger charge is 2.11. The Hall–Kier alpha value is -1.63. The van der Waals surface area contributed by atoms with Crippen molar-refractivity contribution < 1.29 is 0 Å². The van der Waals surface area contributed by atoms with E-state index in [2.05, 4.69) is 48.8 Å². The molecule has 0 amide bonds. The van der Waals surface area contributed by atoms with Crippen LogP contribution >= 0.6 is 11.3 Å². The van der Waals surface area contributed by atoms with Gasteiger partial charge in [0.15, 0.2) is 0 Å². The summed E-state index contributed by atoms with van der Waals surface area (Å²) in [6, 6.07) is 12.8. The first-order valence-electron chi connectivity index (χ1n) is 7.01. The summed E-state index contributed by atoms with van der Waals surface area (Å²) in [5, 5.41) is 14.7. The molecule has 0 radical (unpaired) electrons. The largest absolute Gasteiger partial charge is 0.305 e. The number of aryl methyl sites for hydroxylation is 1. The van der Waals surface area contributed by atoms with E-state index in [0.29, 0.717) is 6.04 Å². The van der Waals surface area contributed by atoms with Gasteiger partial charge < -0.3 is 5.32 Å². The van der Waals surface area contributed by atoms with Gasteiger partial charge in [-0.15, -0.1) is 11.3 Å². The van der Waals surface area contributed by atoms with Gasteiger partial charge in [-0.05, 0) is 48.1 Å². The first kappa shape index (κ1) is 14.8. The smallest absolute Gasteiger partial charge is 0.0991 e. The molecule has 0 saturated carbocycles. The third-order valence-electron chi connectivity index (χ3n) is 3.47. The van der Waals surface area contributed by atoms with Crippen molar-refractivity contribution in [2.45, 2.75) is 39.3 Å². The molecule has 1 heterocycles. The van der Waals surface area contributed by atoms with E-state index in [1.807, 2.05) is 23.5 Å². The van der Waals surface area contributed by atoms with Crippen LogP contribution in [0.1, 0.15) is 47.4 Å². The fourth-order valence-corrected chi connectivity index (χ4v) is 3.16. The van der Waals surface area contributed by atoms with Gasteiger partial charge in [0.05, 0.1) is 11.6 Å². The highest BCUT2D eigenvalue weighted by molar-refractivity contribution is 7.10. The van der Waals surface area contributed by atoms with E-state index in [9.17, 15) is 0 Å². The monoisotopic (exact) mass is 284 g/mol. The lowest BCUT2D eigenvalue weighted by Crippen LogP contribution is -2.20. The van der Waals surface area contributed by atoms with Crippen molar-refractivity contribution in [2.24, 2.45) is 0 Å². The van der Waals surface area contributed by atoms with Crippen LogP contribution in [-0.2, 0) is 6.54 Å². The number of hydrogen-bond donors (Lipinski definition) is 1. The van der Waals surface area contributed by atoms with Crippen molar-refractivity contribution in [1.29, 1.82) is 5.26 Å². The third kappa shape index (κ3) is 3.69. The number of nitriles is 1. The van der Waals surface area contributed by atoms with Crippen LogP contribution in [0.4, 0.5) is 0 Å². The molecule has 0 aliphatic carbocycles. The van der Waals surface area contributed by atoms with E-state index < -0.39 is 0 Å². The van der Waals surface area contributed by atoms with E-state index in [0.717, 1.165) is 18.5 Å². The summed E-state index contributed by atoms with van der Waals surface area (Å²) in [5.41, 5.74) is 3.18. The van der Waals surface area contributed by atoms with Gasteiger partial charge in [0.2, 0.25) is 0 Å². The fraction of sp³-hybridized carbons (Fsp3) is 0.353. The lowest BCUT2D eigenvalue weighted by molar-refractivity contribution is 0.500. The second-order valence-electron chi connectivity index (χ2n) is 4.99. The molecule has 1 atom stereocenters. The van der Waals surface area contributed by atoms with E-state index in [4.69, 9.17) is 5.26 Å². The predicted molar refractivity (Wildman–Crippen MR) is 84.7 cm³/mol. The third-order valence-corrected chi connectivity index (χ3v) is 4.46. The fourth-order valence-electron chi connectivity index (χ4n) is 2.32. The predicted octanol–water partition coefficient (Wildman–Crippen LogP) is 4.56. The zero-order chi connectivity index (χ0) is 14.4. The minimum Gasteiger partial charge on any atom is -0.305 e. The summed E-state index contributed by atoms with van der Waals surface area (Å²) in [7, 11) is 0. The maximum atomic E-state index is 8.90. The summed E-state index contributed by atoms with van der Waals surface area (Å²) < 4.78 is 0. The Morgan fingerprint density at radius 2 is 2.20 bits per heavy atom. The Morgan fingerprint density at radius 3 is 2.80 bits per heavy atom. The minimum atomic E-state index is 0.426. The quantitative estimate of drug-likeness (QED) is 0.844. The van der Waals surface area contributed by atoms with E-state index in [-0.39, 0.29) is 0 Å². The molecule has 20 heavy (non-hydrogen) atoms. The van der Waals surface area contributed by atoms with Crippen molar-refractivity contribution in [3.63, 3.8) is 0 Å². The second kappa shape index (κ2) is 7.23. The lowest BCUT2D eigenvalue weighted by Gasteiger charge is -2.17. The molecule has 0 fully saturated rings. The summed E-state index contributed by atoms with van der Waals surface area (Å²) in [6.07, 6.45) is 2.32. The molecule has 2 rings (SSSR count). The Bertz CT molecular complexity index is 582. The zero-order valence-corrected chi connectivity index (χ0v) is 12.8. The van der Waals surface area contributed by atoms with Crippen LogP contribution in [0.25, 0.3) is 0 Å². The van der Waals surface area contributed by atoms with Crippen LogP contribution in [-0.4, -0.2) is 0 Å². The number of rotatable bonds is 6. The highest BCUT2D eigenvalue weighted by Crippen LogP contribution is 2.24. The van der Waals surface area contributed by atoms with Gasteiger partial charge in [-0.3, -0.25) is 0 Å². The van der Waals surface area contributed by atoms with Gasteiger partial charge in [0.25, 0.3) is 0 Å². The highest BCUT2D eigenvalue weighted by atomic mass is 32.1. The SMILES string of the molecule is CCCC(NCc1ccc(C#N)cc1C)c1cccs1. The van der Waals surface area contributed by atoms with Crippen molar-refractivity contribution in [3.05, 3.63) is 57.3 Å². The molecule has 104 valence electrons. The average Bonchev–Trinajstić information content (AvgIpc) is 2.98. The maximum absolute atomic E-state index is 8.90. The zero-order valence-electron chi connectivity index (χ0n) is 12.0. The first-order valence-corrected chi connectivity index (χ1v) is 7.89. The van der Waals surface area contributed by atoms with Gasteiger partial charge in [0, 0.05) is 17.5 Å². The van der Waals surface area contributed by atoms with Gasteiger partial charge in [-0.1, -0.05) is 25.5 Å². The molecule has 2 aromatic rings. The molecular formula is C17H20N2S. The van der Waals surface area contributed by atoms with E-state index in [1.165, 1.54) is 22.4 Å². The summed E-state index contributed by atoms with van der Waals surface area (Å²) in [4.78, 5) is 1.40. The average molecular weight is 284 g/mol. The second-order valence-corrected chi connectivity index (χ2v) is 5.97. The Balaban J connectivity index is 2.04. The lowest BCUT2D eigenvalue weighted by atomic mass is 10.0. The molecule has 0 bridgehead atoms. The van der Waals surface area contributed by atoms with Crippen LogP contribution in [0.2, 0.25) is 0 Å². The van der Waals surface area contributed by atoms with Crippen LogP contribution in [0.5, 0.6) is 0 Å². The molecule has 1 aromatic heterocycles. The topological polar surface area (TPSA) is 35.8 Å². The van der Waals surface area contributed by atoms with Crippen LogP contribution < -0.4 is 5.32 Å². The summed E-state index contributed by atoms with van der Waals surface area (Å²) in [5.74, 6) is 0. The molecule has 0 saturated heterocycles. The van der Waals surface area contributed by atoms with E-state index in [1.54, 1.807) is 0 Å². The summed E-state index contributed by atoms with van der Waals surface area (Å²) in [6.45, 7) is 5.13. The van der Waals surface area contributed by atoms with Gasteiger partial charge in [0.1, 0.15) is 0 Å². The van der Waals surface area contributed by atoms with E-state index >= 15 is 0 Å². The van der Waals surface area contributed by atoms with Crippen molar-refractivity contribution in [1.82, 2.24) is 5.32 Å². The molecule has 0 spiro atoms. The summed E-state index contributed by atoms with van der Waals surface area (Å²) >= 11 is 1.81. The number of thiophene rings is 1. The minimum absolute atomic E-state index is 0.426. The number of nitrogens with one attached hydrogen (secondary N) is 1. The standard InChI is InChI=1S/C17H20N2S/c1-3-5-16(17-6-4-9-20-17)19-12-15-8-7-14(11-18)10-13(15)2/h4,6-10,16,19H,3,5,12H2,1-2H3. The van der Waals surface area contributed by atoms with Crippen LogP contribution in [0.3, 0.4) is 0 Å². The molecule has 0 aliphatic heterocycles. The van der Waals surface area contributed by atoms with Gasteiger partial charge in [-0.25, -0.2) is 0 Å². The number of benzene rings is 1. The number of hydrogen-bond acceptors (Lipinski definition) is 3. The molecule has 1 unspecified atom stereocenters. The molecule has 1 aromatic carbocycles. The normalized spacial score (nSPS) is 12.1. The van der Waals surface area contributed by atoms with Gasteiger partial charge >= 0.3 is 0 Å². The maximum Gasteiger partial charge on any atom is 0.0991 e. The Kier molecular flexibility index (Phi) is 5.34. The van der Waals surface area contributed by atoms with Crippen LogP contribution in [0, 0.1) is 18.3 Å². The molecule has 0 aliphatic rings. The first-order chi connectivity index (χ1) is 9.74. The Morgan fingerprint density at radius 1 is 1.35 bits per heavy atom. The molecule has 1 N–H and O–H groups in total. The van der Waals surface area contributed by atoms with Crippen LogP contribution in [0.15, 0.2) is 35.7 Å². The van der Waals surface area contributed by atoms with Crippen molar-refractivity contribution in [3.8, 4) is 6.07 Å². The molecule has 3 heteroatoms. The number of nitrogens with zero attached hydrogens (tertiary/aromatic N) is 1. The molecule has 2 nitrogen and oxygen atoms in total. The Labute approximate surface area is 125 Å². The van der Waals surface area contributed by atoms with Crippen molar-refractivity contribution >= 4 is 11.3 Å². The van der Waals surface area contributed by atoms with Crippen molar-refractivity contribution in [2.75, 3.05) is 0 Å². The molecular weight excluding hydrogens is 264 g/mol. The van der Waals surface area contributed by atoms with Gasteiger partial charge in [-0.2, -0.15) is 5.26 Å².